The van der Waals surface area contributed by atoms with Crippen LogP contribution in [0.3, 0.4) is 0 Å². The van der Waals surface area contributed by atoms with E-state index in [1.165, 1.54) is 16.3 Å². The summed E-state index contributed by atoms with van der Waals surface area (Å²) in [5, 5.41) is 2.34. The number of aryl methyl sites for hydroxylation is 1. The molecule has 0 N–H and O–H groups in total. The van der Waals surface area contributed by atoms with Gasteiger partial charge in [0.05, 0.1) is 11.0 Å². The van der Waals surface area contributed by atoms with Gasteiger partial charge >= 0.3 is 62.2 Å². The van der Waals surface area contributed by atoms with Gasteiger partial charge in [-0.3, -0.25) is 0 Å². The minimum atomic E-state index is 0. The number of rotatable bonds is 7. The molecular formula is C45H29N3U2. The van der Waals surface area contributed by atoms with Crippen molar-refractivity contribution in [3.8, 4) is 27.9 Å². The molecule has 7 aromatic carbocycles. The molecule has 0 fully saturated rings. The van der Waals surface area contributed by atoms with Crippen molar-refractivity contribution in [2.45, 2.75) is 6.92 Å². The molecule has 0 saturated heterocycles. The van der Waals surface area contributed by atoms with Crippen LogP contribution in [-0.2, 0) is 0 Å². The van der Waals surface area contributed by atoms with Crippen LogP contribution in [-0.4, -0.2) is 17.0 Å². The molecule has 0 saturated carbocycles. The molecule has 50 heavy (non-hydrogen) atoms. The maximum Gasteiger partial charge on any atom is 2.00 e. The molecule has 8 rings (SSSR count). The van der Waals surface area contributed by atoms with Gasteiger partial charge in [-0.15, -0.1) is 46.8 Å². The Balaban J connectivity index is 0.00000216. The van der Waals surface area contributed by atoms with Crippen molar-refractivity contribution in [3.63, 3.8) is 0 Å². The normalized spacial score (nSPS) is 11.2. The molecule has 0 aliphatic carbocycles. The topological polar surface area (TPSA) is 29.6 Å². The predicted octanol–water partition coefficient (Wildman–Crippen LogP) is 11.3. The second kappa shape index (κ2) is 16.2. The van der Waals surface area contributed by atoms with Gasteiger partial charge in [-0.2, -0.15) is 48.5 Å². The Labute approximate surface area is 340 Å². The maximum absolute atomic E-state index is 4.59. The van der Waals surface area contributed by atoms with Crippen molar-refractivity contribution in [1.82, 2.24) is 4.57 Å². The Morgan fingerprint density at radius 1 is 0.500 bits per heavy atom. The molecule has 0 aliphatic rings. The maximum atomic E-state index is 4.59. The molecule has 8 aromatic rings. The van der Waals surface area contributed by atoms with Crippen LogP contribution in [0.5, 0.6) is 0 Å². The van der Waals surface area contributed by atoms with Gasteiger partial charge in [-0.1, -0.05) is 88.5 Å². The van der Waals surface area contributed by atoms with Gasteiger partial charge in [0.25, 0.3) is 0 Å². The summed E-state index contributed by atoms with van der Waals surface area (Å²) >= 11 is 0. The first-order chi connectivity index (χ1) is 23.7. The van der Waals surface area contributed by atoms with Crippen LogP contribution in [0.4, 0.5) is 11.4 Å². The number of fused-ring (bicyclic) bond motifs is 3. The summed E-state index contributed by atoms with van der Waals surface area (Å²) in [6, 6.07) is 60.4. The van der Waals surface area contributed by atoms with Crippen LogP contribution in [0, 0.1) is 81.3 Å². The third-order valence-electron chi connectivity index (χ3n) is 8.51. The Morgan fingerprint density at radius 2 is 0.960 bits per heavy atom. The van der Waals surface area contributed by atoms with E-state index in [1.54, 1.807) is 0 Å². The van der Waals surface area contributed by atoms with Crippen LogP contribution in [0.2, 0.25) is 0 Å². The van der Waals surface area contributed by atoms with E-state index >= 15 is 0 Å². The summed E-state index contributed by atoms with van der Waals surface area (Å²) in [6.45, 7) is 2.12. The fourth-order valence-corrected chi connectivity index (χ4v) is 6.14. The van der Waals surface area contributed by atoms with Gasteiger partial charge in [0.2, 0.25) is 0 Å². The zero-order valence-electron chi connectivity index (χ0n) is 27.4. The van der Waals surface area contributed by atoms with E-state index in [9.17, 15) is 0 Å². The third kappa shape index (κ3) is 7.44. The number of aromatic nitrogens is 1. The van der Waals surface area contributed by atoms with Gasteiger partial charge in [0.1, 0.15) is 0 Å². The standard InChI is InChI=1S/C45H29N3.2U/c1-32-20-24-39(25-21-32)48-44-26-22-33(40-18-10-8-12-35(40)30-46-37-14-4-2-5-15-37)28-42(44)43-29-34(23-27-45(43)48)41-19-11-9-13-36(41)31-47-38-16-6-3-7-17-38;;/h2-14,16,18-29H,1H3;;/q-4;2*+2. The molecular weight excluding hydrogens is 1060 g/mol. The first kappa shape index (κ1) is 35.6. The molecule has 3 nitrogen and oxygen atoms in total. The first-order valence-corrected chi connectivity index (χ1v) is 15.9. The van der Waals surface area contributed by atoms with E-state index in [0.29, 0.717) is 0 Å². The largest absolute Gasteiger partial charge is 2.00 e. The average Bonchev–Trinajstić information content (AvgIpc) is 3.47. The molecule has 0 spiro atoms. The van der Waals surface area contributed by atoms with Gasteiger partial charge in [0, 0.05) is 16.5 Å². The Morgan fingerprint density at radius 3 is 1.42 bits per heavy atom. The molecule has 0 amide bonds. The number of nitrogens with zero attached hydrogens (tertiary/aromatic N) is 3. The molecule has 0 bridgehead atoms. The van der Waals surface area contributed by atoms with Gasteiger partial charge in [-0.25, -0.2) is 12.1 Å². The van der Waals surface area contributed by atoms with Crippen molar-refractivity contribution in [3.05, 3.63) is 187 Å². The SMILES string of the molecule is Cc1ccc(-n2c3ccc(-c4ccccc4[C-]=Nc4[c-]cccc4)cc3c3cc(-c4ccccc4[C-]=Nc4[c-]cccc4)ccc32)cc1.[U+2].[U+2]. The van der Waals surface area contributed by atoms with Crippen molar-refractivity contribution < 1.29 is 62.2 Å². The summed E-state index contributed by atoms with van der Waals surface area (Å²) in [4.78, 5) is 9.18. The predicted molar refractivity (Wildman–Crippen MR) is 199 cm³/mol. The summed E-state index contributed by atoms with van der Waals surface area (Å²) in [5.74, 6) is 0. The van der Waals surface area contributed by atoms with E-state index < -0.39 is 0 Å². The van der Waals surface area contributed by atoms with Gasteiger partial charge < -0.3 is 14.6 Å². The molecule has 0 atom stereocenters. The minimum absolute atomic E-state index is 0. The number of para-hydroxylation sites is 2. The van der Waals surface area contributed by atoms with Crippen LogP contribution in [0.15, 0.2) is 168 Å². The molecule has 0 radical (unpaired) electrons. The molecule has 1 aromatic heterocycles. The molecule has 5 heteroatoms. The number of hydrogen-bond donors (Lipinski definition) is 0. The summed E-state index contributed by atoms with van der Waals surface area (Å²) in [7, 11) is 0. The van der Waals surface area contributed by atoms with E-state index in [1.807, 2.05) is 60.7 Å². The number of hydrogen-bond acceptors (Lipinski definition) is 2. The number of aliphatic imine (C=N–C) groups is 2. The average molecular weight is 1090 g/mol. The van der Waals surface area contributed by atoms with Gasteiger partial charge in [-0.05, 0) is 43.6 Å². The molecule has 1 heterocycles. The van der Waals surface area contributed by atoms with Gasteiger partial charge in [0.15, 0.2) is 0 Å². The van der Waals surface area contributed by atoms with E-state index in [-0.39, 0.29) is 62.2 Å². The summed E-state index contributed by atoms with van der Waals surface area (Å²) < 4.78 is 2.35. The fourth-order valence-electron chi connectivity index (χ4n) is 6.14. The molecule has 0 unspecified atom stereocenters. The smallest absolute Gasteiger partial charge is 0.378 e. The van der Waals surface area contributed by atoms with E-state index in [2.05, 4.69) is 143 Å². The second-order valence-corrected chi connectivity index (χ2v) is 11.7. The molecule has 0 aliphatic heterocycles. The fraction of sp³-hybridized carbons (Fsp3) is 0.0222. The van der Waals surface area contributed by atoms with Crippen LogP contribution >= 0.6 is 0 Å². The first-order valence-electron chi connectivity index (χ1n) is 15.9. The van der Waals surface area contributed by atoms with E-state index in [4.69, 9.17) is 0 Å². The number of benzene rings is 7. The zero-order chi connectivity index (χ0) is 32.3. The van der Waals surface area contributed by atoms with E-state index in [0.717, 1.165) is 61.5 Å². The zero-order valence-corrected chi connectivity index (χ0v) is 35.7. The monoisotopic (exact) mass is 1090 g/mol. The van der Waals surface area contributed by atoms with Crippen molar-refractivity contribution >= 4 is 45.6 Å². The van der Waals surface area contributed by atoms with Crippen molar-refractivity contribution in [2.75, 3.05) is 0 Å². The quantitative estimate of drug-likeness (QED) is 0.112. The van der Waals surface area contributed by atoms with Crippen LogP contribution in [0.1, 0.15) is 16.7 Å². The Bertz CT molecular complexity index is 2300. The summed E-state index contributed by atoms with van der Waals surface area (Å²) in [5.41, 5.74) is 12.3. The van der Waals surface area contributed by atoms with Crippen molar-refractivity contribution in [2.24, 2.45) is 9.98 Å². The summed E-state index contributed by atoms with van der Waals surface area (Å²) in [6.07, 6.45) is 6.56. The second-order valence-electron chi connectivity index (χ2n) is 11.7. The minimum Gasteiger partial charge on any atom is -0.378 e. The third-order valence-corrected chi connectivity index (χ3v) is 8.51. The Hall–Kier alpha value is -4.22. The Kier molecular flexibility index (Phi) is 11.5. The van der Waals surface area contributed by atoms with Crippen molar-refractivity contribution in [1.29, 1.82) is 0 Å². The van der Waals surface area contributed by atoms with Crippen LogP contribution < -0.4 is 0 Å². The molecule has 232 valence electrons. The van der Waals surface area contributed by atoms with Crippen LogP contribution in [0.25, 0.3) is 49.7 Å².